The SMILES string of the molecule is CCC(CO)(CCCN1CC(C)OCC1C)NC(C)C. The van der Waals surface area contributed by atoms with E-state index >= 15 is 0 Å². The zero-order valence-corrected chi connectivity index (χ0v) is 14.0. The molecule has 0 spiro atoms. The summed E-state index contributed by atoms with van der Waals surface area (Å²) in [5.41, 5.74) is -0.116. The van der Waals surface area contributed by atoms with E-state index in [0.29, 0.717) is 18.2 Å². The van der Waals surface area contributed by atoms with Crippen molar-refractivity contribution in [1.82, 2.24) is 10.2 Å². The molecule has 1 fully saturated rings. The van der Waals surface area contributed by atoms with Gasteiger partial charge >= 0.3 is 0 Å². The van der Waals surface area contributed by atoms with E-state index in [4.69, 9.17) is 4.74 Å². The molecule has 1 saturated heterocycles. The van der Waals surface area contributed by atoms with Crippen LogP contribution in [-0.2, 0) is 4.74 Å². The van der Waals surface area contributed by atoms with Crippen LogP contribution in [0.3, 0.4) is 0 Å². The summed E-state index contributed by atoms with van der Waals surface area (Å²) in [4.78, 5) is 2.52. The molecule has 3 unspecified atom stereocenters. The number of ether oxygens (including phenoxy) is 1. The third kappa shape index (κ3) is 5.32. The molecule has 0 aliphatic carbocycles. The first kappa shape index (κ1) is 17.9. The summed E-state index contributed by atoms with van der Waals surface area (Å²) in [6, 6.07) is 0.916. The summed E-state index contributed by atoms with van der Waals surface area (Å²) in [5.74, 6) is 0. The maximum atomic E-state index is 9.76. The van der Waals surface area contributed by atoms with Crippen molar-refractivity contribution in [1.29, 1.82) is 0 Å². The largest absolute Gasteiger partial charge is 0.394 e. The normalized spacial score (nSPS) is 27.8. The van der Waals surface area contributed by atoms with E-state index in [1.54, 1.807) is 0 Å². The second-order valence-electron chi connectivity index (χ2n) is 6.68. The first-order valence-corrected chi connectivity index (χ1v) is 8.16. The molecule has 120 valence electrons. The number of nitrogens with zero attached hydrogens (tertiary/aromatic N) is 1. The summed E-state index contributed by atoms with van der Waals surface area (Å²) in [5, 5.41) is 13.3. The van der Waals surface area contributed by atoms with Crippen molar-refractivity contribution in [2.75, 3.05) is 26.3 Å². The van der Waals surface area contributed by atoms with Gasteiger partial charge in [-0.15, -0.1) is 0 Å². The Morgan fingerprint density at radius 2 is 2.10 bits per heavy atom. The number of hydrogen-bond donors (Lipinski definition) is 2. The Hall–Kier alpha value is -0.160. The molecule has 1 aliphatic rings. The molecule has 0 aromatic carbocycles. The van der Waals surface area contributed by atoms with Crippen molar-refractivity contribution in [3.63, 3.8) is 0 Å². The highest BCUT2D eigenvalue weighted by atomic mass is 16.5. The lowest BCUT2D eigenvalue weighted by molar-refractivity contribution is -0.0504. The van der Waals surface area contributed by atoms with Gasteiger partial charge in [-0.25, -0.2) is 0 Å². The molecule has 0 amide bonds. The van der Waals surface area contributed by atoms with Crippen molar-refractivity contribution in [3.05, 3.63) is 0 Å². The molecule has 1 aliphatic heterocycles. The molecule has 0 bridgehead atoms. The van der Waals surface area contributed by atoms with E-state index in [1.165, 1.54) is 0 Å². The third-order valence-corrected chi connectivity index (χ3v) is 4.41. The Kier molecular flexibility index (Phi) is 7.45. The average Bonchev–Trinajstić information content (AvgIpc) is 2.41. The zero-order chi connectivity index (χ0) is 15.2. The summed E-state index contributed by atoms with van der Waals surface area (Å²) in [7, 11) is 0. The second-order valence-corrected chi connectivity index (χ2v) is 6.68. The molecule has 0 radical (unpaired) electrons. The summed E-state index contributed by atoms with van der Waals surface area (Å²) in [6.45, 7) is 14.0. The number of aliphatic hydroxyl groups excluding tert-OH is 1. The van der Waals surface area contributed by atoms with Crippen molar-refractivity contribution in [2.45, 2.75) is 77.6 Å². The van der Waals surface area contributed by atoms with Gasteiger partial charge < -0.3 is 15.2 Å². The Morgan fingerprint density at radius 3 is 2.65 bits per heavy atom. The molecule has 0 saturated carbocycles. The lowest BCUT2D eigenvalue weighted by Gasteiger charge is -2.38. The Morgan fingerprint density at radius 1 is 1.40 bits per heavy atom. The fraction of sp³-hybridized carbons (Fsp3) is 1.00. The second kappa shape index (κ2) is 8.32. The van der Waals surface area contributed by atoms with Crippen molar-refractivity contribution >= 4 is 0 Å². The van der Waals surface area contributed by atoms with Crippen LogP contribution < -0.4 is 5.32 Å². The highest BCUT2D eigenvalue weighted by molar-refractivity contribution is 4.88. The number of hydrogen-bond acceptors (Lipinski definition) is 4. The predicted octanol–water partition coefficient (Wildman–Crippen LogP) is 2.01. The zero-order valence-electron chi connectivity index (χ0n) is 14.0. The Bertz CT molecular complexity index is 267. The van der Waals surface area contributed by atoms with Crippen LogP contribution >= 0.6 is 0 Å². The molecule has 4 heteroatoms. The molecule has 2 N–H and O–H groups in total. The molecule has 20 heavy (non-hydrogen) atoms. The van der Waals surface area contributed by atoms with Crippen LogP contribution in [0.2, 0.25) is 0 Å². The number of aliphatic hydroxyl groups is 1. The van der Waals surface area contributed by atoms with Gasteiger partial charge in [-0.2, -0.15) is 0 Å². The lowest BCUT2D eigenvalue weighted by Crippen LogP contribution is -2.52. The molecular weight excluding hydrogens is 252 g/mol. The van der Waals surface area contributed by atoms with E-state index < -0.39 is 0 Å². The highest BCUT2D eigenvalue weighted by Gasteiger charge is 2.28. The maximum absolute atomic E-state index is 9.76. The van der Waals surface area contributed by atoms with Gasteiger partial charge in [0.25, 0.3) is 0 Å². The van der Waals surface area contributed by atoms with Gasteiger partial charge in [0.1, 0.15) is 0 Å². The quantitative estimate of drug-likeness (QED) is 0.716. The van der Waals surface area contributed by atoms with E-state index in [0.717, 1.165) is 39.0 Å². The minimum atomic E-state index is -0.116. The van der Waals surface area contributed by atoms with Crippen LogP contribution in [-0.4, -0.2) is 60.0 Å². The first-order chi connectivity index (χ1) is 9.42. The average molecular weight is 286 g/mol. The van der Waals surface area contributed by atoms with Gasteiger partial charge in [0.05, 0.1) is 19.3 Å². The summed E-state index contributed by atoms with van der Waals surface area (Å²) >= 11 is 0. The topological polar surface area (TPSA) is 44.7 Å². The smallest absolute Gasteiger partial charge is 0.0674 e. The Labute approximate surface area is 124 Å². The van der Waals surface area contributed by atoms with E-state index in [9.17, 15) is 5.11 Å². The molecule has 3 atom stereocenters. The standard InChI is InChI=1S/C16H34N2O2/c1-6-16(12-19,17-13(2)3)8-7-9-18-10-15(5)20-11-14(18)4/h13-15,17,19H,6-12H2,1-5H3. The number of morpholine rings is 1. The van der Waals surface area contributed by atoms with Crippen LogP contribution in [0.5, 0.6) is 0 Å². The maximum Gasteiger partial charge on any atom is 0.0674 e. The van der Waals surface area contributed by atoms with Crippen LogP contribution in [0, 0.1) is 0 Å². The van der Waals surface area contributed by atoms with Crippen molar-refractivity contribution < 1.29 is 9.84 Å². The summed E-state index contributed by atoms with van der Waals surface area (Å²) < 4.78 is 5.67. The fourth-order valence-corrected chi connectivity index (χ4v) is 3.10. The summed E-state index contributed by atoms with van der Waals surface area (Å²) in [6.07, 6.45) is 3.45. The van der Waals surface area contributed by atoms with Gasteiger partial charge in [0.15, 0.2) is 0 Å². The highest BCUT2D eigenvalue weighted by Crippen LogP contribution is 2.20. The fourth-order valence-electron chi connectivity index (χ4n) is 3.10. The van der Waals surface area contributed by atoms with Crippen LogP contribution in [0.1, 0.15) is 53.9 Å². The first-order valence-electron chi connectivity index (χ1n) is 8.16. The van der Waals surface area contributed by atoms with Gasteiger partial charge in [-0.3, -0.25) is 4.90 Å². The molecule has 1 rings (SSSR count). The minimum Gasteiger partial charge on any atom is -0.394 e. The van der Waals surface area contributed by atoms with Crippen LogP contribution in [0.15, 0.2) is 0 Å². The monoisotopic (exact) mass is 286 g/mol. The molecule has 1 heterocycles. The van der Waals surface area contributed by atoms with Crippen LogP contribution in [0.25, 0.3) is 0 Å². The minimum absolute atomic E-state index is 0.116. The molecule has 4 nitrogen and oxygen atoms in total. The van der Waals surface area contributed by atoms with Crippen molar-refractivity contribution in [3.8, 4) is 0 Å². The molecule has 0 aromatic rings. The van der Waals surface area contributed by atoms with E-state index in [2.05, 4.69) is 44.8 Å². The van der Waals surface area contributed by atoms with E-state index in [1.807, 2.05) is 0 Å². The molecule has 0 aromatic heterocycles. The van der Waals surface area contributed by atoms with Gasteiger partial charge in [-0.1, -0.05) is 20.8 Å². The predicted molar refractivity (Wildman–Crippen MR) is 84.1 cm³/mol. The van der Waals surface area contributed by atoms with E-state index in [-0.39, 0.29) is 12.1 Å². The van der Waals surface area contributed by atoms with Gasteiger partial charge in [0, 0.05) is 24.2 Å². The number of rotatable bonds is 8. The number of nitrogens with one attached hydrogen (secondary N) is 1. The van der Waals surface area contributed by atoms with Crippen LogP contribution in [0.4, 0.5) is 0 Å². The van der Waals surface area contributed by atoms with Gasteiger partial charge in [0.2, 0.25) is 0 Å². The van der Waals surface area contributed by atoms with Crippen molar-refractivity contribution in [2.24, 2.45) is 0 Å². The molecular formula is C16H34N2O2. The lowest BCUT2D eigenvalue weighted by atomic mass is 9.90. The Balaban J connectivity index is 2.43. The van der Waals surface area contributed by atoms with Gasteiger partial charge in [-0.05, 0) is 39.7 Å². The third-order valence-electron chi connectivity index (χ3n) is 4.41.